The lowest BCUT2D eigenvalue weighted by Crippen LogP contribution is -2.08. The zero-order chi connectivity index (χ0) is 13.8. The molecule has 1 atom stereocenters. The van der Waals surface area contributed by atoms with E-state index in [9.17, 15) is 14.5 Å². The fraction of sp³-hybridized carbons (Fsp3) is 0.143. The molecule has 0 radical (unpaired) electrons. The van der Waals surface area contributed by atoms with Gasteiger partial charge in [-0.15, -0.1) is 0 Å². The molecule has 0 aromatic heterocycles. The molecule has 0 heterocycles. The van der Waals surface area contributed by atoms with Crippen molar-refractivity contribution < 1.29 is 9.31 Å². The fourth-order valence-corrected chi connectivity index (χ4v) is 1.84. The summed E-state index contributed by atoms with van der Waals surface area (Å²) >= 11 is 0. The first-order chi connectivity index (χ1) is 9.08. The number of nitrogens with one attached hydrogen (secondary N) is 1. The van der Waals surface area contributed by atoms with Crippen LogP contribution < -0.4 is 5.32 Å². The van der Waals surface area contributed by atoms with Crippen molar-refractivity contribution in [1.29, 1.82) is 0 Å². The number of halogens is 1. The molecule has 1 N–H and O–H groups in total. The van der Waals surface area contributed by atoms with E-state index in [0.717, 1.165) is 11.6 Å². The third kappa shape index (κ3) is 3.07. The second kappa shape index (κ2) is 5.48. The third-order valence-electron chi connectivity index (χ3n) is 2.83. The highest BCUT2D eigenvalue weighted by Gasteiger charge is 2.16. The second-order valence-electron chi connectivity index (χ2n) is 4.20. The summed E-state index contributed by atoms with van der Waals surface area (Å²) in [5, 5.41) is 13.9. The lowest BCUT2D eigenvalue weighted by atomic mass is 10.1. The molecule has 0 aliphatic heterocycles. The molecule has 4 nitrogen and oxygen atoms in total. The lowest BCUT2D eigenvalue weighted by Gasteiger charge is -2.15. The van der Waals surface area contributed by atoms with E-state index in [2.05, 4.69) is 5.32 Å². The van der Waals surface area contributed by atoms with Gasteiger partial charge in [-0.25, -0.2) is 4.39 Å². The number of nitro benzene ring substituents is 1. The van der Waals surface area contributed by atoms with Crippen molar-refractivity contribution in [2.75, 3.05) is 5.32 Å². The quantitative estimate of drug-likeness (QED) is 0.669. The highest BCUT2D eigenvalue weighted by molar-refractivity contribution is 5.62. The molecule has 98 valence electrons. The molecule has 0 saturated carbocycles. The molecule has 2 aromatic rings. The van der Waals surface area contributed by atoms with E-state index in [0.29, 0.717) is 5.69 Å². The third-order valence-corrected chi connectivity index (χ3v) is 2.83. The minimum Gasteiger partial charge on any atom is -0.373 e. The van der Waals surface area contributed by atoms with Crippen molar-refractivity contribution in [3.8, 4) is 0 Å². The Morgan fingerprint density at radius 2 is 1.89 bits per heavy atom. The molecule has 1 unspecified atom stereocenters. The first kappa shape index (κ1) is 13.0. The maximum Gasteiger partial charge on any atom is 0.295 e. The van der Waals surface area contributed by atoms with Crippen LogP contribution >= 0.6 is 0 Å². The van der Waals surface area contributed by atoms with E-state index in [-0.39, 0.29) is 11.7 Å². The van der Waals surface area contributed by atoms with Gasteiger partial charge in [0.15, 0.2) is 0 Å². The summed E-state index contributed by atoms with van der Waals surface area (Å²) < 4.78 is 13.0. The van der Waals surface area contributed by atoms with Gasteiger partial charge in [0.1, 0.15) is 11.5 Å². The van der Waals surface area contributed by atoms with Gasteiger partial charge >= 0.3 is 0 Å². The van der Waals surface area contributed by atoms with Crippen LogP contribution in [0.15, 0.2) is 48.5 Å². The zero-order valence-electron chi connectivity index (χ0n) is 10.3. The van der Waals surface area contributed by atoms with Gasteiger partial charge in [0.05, 0.1) is 11.0 Å². The Kier molecular flexibility index (Phi) is 3.75. The molecule has 19 heavy (non-hydrogen) atoms. The van der Waals surface area contributed by atoms with E-state index >= 15 is 0 Å². The van der Waals surface area contributed by atoms with Crippen LogP contribution in [0.1, 0.15) is 18.5 Å². The summed E-state index contributed by atoms with van der Waals surface area (Å²) in [6.45, 7) is 1.89. The van der Waals surface area contributed by atoms with Gasteiger partial charge in [-0.05, 0) is 24.6 Å². The average molecular weight is 260 g/mol. The Morgan fingerprint density at radius 1 is 1.21 bits per heavy atom. The SMILES string of the molecule is CC(Nc1ccc(F)cc1[N+](=O)[O-])c1ccccc1. The Hall–Kier alpha value is -2.43. The number of hydrogen-bond acceptors (Lipinski definition) is 3. The van der Waals surface area contributed by atoms with Crippen molar-refractivity contribution in [2.24, 2.45) is 0 Å². The standard InChI is InChI=1S/C14H13FN2O2/c1-10(11-5-3-2-4-6-11)16-13-8-7-12(15)9-14(13)17(18)19/h2-10,16H,1H3. The molecular formula is C14H13FN2O2. The first-order valence-electron chi connectivity index (χ1n) is 5.83. The molecule has 0 fully saturated rings. The van der Waals surface area contributed by atoms with Gasteiger partial charge < -0.3 is 5.32 Å². The summed E-state index contributed by atoms with van der Waals surface area (Å²) in [4.78, 5) is 10.3. The van der Waals surface area contributed by atoms with Crippen molar-refractivity contribution in [2.45, 2.75) is 13.0 Å². The van der Waals surface area contributed by atoms with Crippen LogP contribution in [-0.4, -0.2) is 4.92 Å². The summed E-state index contributed by atoms with van der Waals surface area (Å²) in [5.74, 6) is -0.621. The summed E-state index contributed by atoms with van der Waals surface area (Å²) in [6, 6.07) is 12.9. The Balaban J connectivity index is 2.26. The molecule has 2 aromatic carbocycles. The molecule has 0 bridgehead atoms. The normalized spacial score (nSPS) is 11.9. The molecule has 0 aliphatic rings. The monoisotopic (exact) mass is 260 g/mol. The lowest BCUT2D eigenvalue weighted by molar-refractivity contribution is -0.384. The molecule has 0 spiro atoms. The second-order valence-corrected chi connectivity index (χ2v) is 4.20. The molecule has 5 heteroatoms. The molecule has 0 saturated heterocycles. The van der Waals surface area contributed by atoms with E-state index in [1.54, 1.807) is 0 Å². The summed E-state index contributed by atoms with van der Waals surface area (Å²) in [5.41, 5.74) is 1.05. The Bertz CT molecular complexity index is 587. The van der Waals surface area contributed by atoms with E-state index < -0.39 is 10.7 Å². The number of rotatable bonds is 4. The van der Waals surface area contributed by atoms with Crippen molar-refractivity contribution in [3.05, 3.63) is 70.0 Å². The number of nitro groups is 1. The van der Waals surface area contributed by atoms with Gasteiger partial charge in [-0.2, -0.15) is 0 Å². The molecular weight excluding hydrogens is 247 g/mol. The van der Waals surface area contributed by atoms with Crippen LogP contribution in [0.25, 0.3) is 0 Å². The van der Waals surface area contributed by atoms with Crippen LogP contribution in [0.5, 0.6) is 0 Å². The predicted octanol–water partition coefficient (Wildman–Crippen LogP) is 3.91. The number of nitrogens with zero attached hydrogens (tertiary/aromatic N) is 1. The first-order valence-corrected chi connectivity index (χ1v) is 5.83. The number of anilines is 1. The number of benzene rings is 2. The van der Waals surface area contributed by atoms with Crippen LogP contribution in [0, 0.1) is 15.9 Å². The molecule has 0 aliphatic carbocycles. The van der Waals surface area contributed by atoms with Crippen LogP contribution in [-0.2, 0) is 0 Å². The Morgan fingerprint density at radius 3 is 2.53 bits per heavy atom. The summed E-state index contributed by atoms with van der Waals surface area (Å²) in [6.07, 6.45) is 0. The highest BCUT2D eigenvalue weighted by atomic mass is 19.1. The van der Waals surface area contributed by atoms with Crippen LogP contribution in [0.3, 0.4) is 0 Å². The van der Waals surface area contributed by atoms with E-state index in [4.69, 9.17) is 0 Å². The van der Waals surface area contributed by atoms with Crippen LogP contribution in [0.2, 0.25) is 0 Å². The largest absolute Gasteiger partial charge is 0.373 e. The topological polar surface area (TPSA) is 55.2 Å². The molecule has 0 amide bonds. The highest BCUT2D eigenvalue weighted by Crippen LogP contribution is 2.28. The predicted molar refractivity (Wildman–Crippen MR) is 71.5 cm³/mol. The van der Waals surface area contributed by atoms with Gasteiger partial charge in [0.25, 0.3) is 5.69 Å². The average Bonchev–Trinajstić information content (AvgIpc) is 2.41. The van der Waals surface area contributed by atoms with E-state index in [1.165, 1.54) is 12.1 Å². The maximum atomic E-state index is 13.0. The number of hydrogen-bond donors (Lipinski definition) is 1. The zero-order valence-corrected chi connectivity index (χ0v) is 10.3. The van der Waals surface area contributed by atoms with E-state index in [1.807, 2.05) is 37.3 Å². The van der Waals surface area contributed by atoms with Gasteiger partial charge in [0, 0.05) is 6.04 Å². The maximum absolute atomic E-state index is 13.0. The van der Waals surface area contributed by atoms with Crippen molar-refractivity contribution in [1.82, 2.24) is 0 Å². The minimum absolute atomic E-state index is 0.106. The fourth-order valence-electron chi connectivity index (χ4n) is 1.84. The van der Waals surface area contributed by atoms with Gasteiger partial charge in [-0.3, -0.25) is 10.1 Å². The van der Waals surface area contributed by atoms with Crippen LogP contribution in [0.4, 0.5) is 15.8 Å². The van der Waals surface area contributed by atoms with Gasteiger partial charge in [0.2, 0.25) is 0 Å². The van der Waals surface area contributed by atoms with Crippen molar-refractivity contribution >= 4 is 11.4 Å². The summed E-state index contributed by atoms with van der Waals surface area (Å²) in [7, 11) is 0. The molecule has 2 rings (SSSR count). The van der Waals surface area contributed by atoms with Gasteiger partial charge in [-0.1, -0.05) is 30.3 Å². The van der Waals surface area contributed by atoms with Crippen molar-refractivity contribution in [3.63, 3.8) is 0 Å². The minimum atomic E-state index is -0.621. The smallest absolute Gasteiger partial charge is 0.295 e. The Labute approximate surface area is 110 Å².